The van der Waals surface area contributed by atoms with Crippen LogP contribution in [0.2, 0.25) is 0 Å². The molecule has 2 N–H and O–H groups in total. The van der Waals surface area contributed by atoms with Crippen LogP contribution in [0.4, 0.5) is 18.9 Å². The van der Waals surface area contributed by atoms with Crippen molar-refractivity contribution >= 4 is 11.6 Å². The summed E-state index contributed by atoms with van der Waals surface area (Å²) in [6.45, 7) is 1.34. The summed E-state index contributed by atoms with van der Waals surface area (Å²) in [5, 5.41) is 27.2. The van der Waals surface area contributed by atoms with Crippen molar-refractivity contribution in [2.75, 3.05) is 0 Å². The molecule has 3 aromatic rings. The second-order valence-corrected chi connectivity index (χ2v) is 6.72. The number of benzene rings is 2. The number of carbonyl (C=O) groups is 1. The molecule has 0 saturated carbocycles. The van der Waals surface area contributed by atoms with E-state index in [1.165, 1.54) is 25.1 Å². The summed E-state index contributed by atoms with van der Waals surface area (Å²) in [6.07, 6.45) is -4.82. The van der Waals surface area contributed by atoms with Crippen LogP contribution >= 0.6 is 0 Å². The fourth-order valence-electron chi connectivity index (χ4n) is 2.86. The standard InChI is InChI=1S/C20H15F3N4O5/c1-11(12-8-13(20(21,22)23)10-14(9-12)27(31)32)24-19(30)15-6-7-18(29)26(25-15)16-4-2-3-5-17(16)28/h2-11,28H,1H3,(H,24,30). The first-order valence-electron chi connectivity index (χ1n) is 9.03. The lowest BCUT2D eigenvalue weighted by Gasteiger charge is -2.16. The molecule has 0 fully saturated rings. The number of alkyl halides is 3. The largest absolute Gasteiger partial charge is 0.506 e. The van der Waals surface area contributed by atoms with Crippen LogP contribution in [0, 0.1) is 10.1 Å². The number of nitrogens with one attached hydrogen (secondary N) is 1. The molecule has 0 aliphatic carbocycles. The van der Waals surface area contributed by atoms with Gasteiger partial charge in [0.05, 0.1) is 16.5 Å². The van der Waals surface area contributed by atoms with Crippen LogP contribution in [0.15, 0.2) is 59.4 Å². The molecule has 0 saturated heterocycles. The molecule has 0 radical (unpaired) electrons. The highest BCUT2D eigenvalue weighted by molar-refractivity contribution is 5.92. The Morgan fingerprint density at radius 2 is 1.88 bits per heavy atom. The van der Waals surface area contributed by atoms with Gasteiger partial charge in [0.2, 0.25) is 0 Å². The summed E-state index contributed by atoms with van der Waals surface area (Å²) in [7, 11) is 0. The van der Waals surface area contributed by atoms with E-state index in [0.29, 0.717) is 12.1 Å². The van der Waals surface area contributed by atoms with Crippen molar-refractivity contribution in [3.63, 3.8) is 0 Å². The SMILES string of the molecule is CC(NC(=O)c1ccc(=O)n(-c2ccccc2O)n1)c1cc([N+](=O)[O-])cc(C(F)(F)F)c1. The maximum Gasteiger partial charge on any atom is 0.416 e. The summed E-state index contributed by atoms with van der Waals surface area (Å²) in [5.74, 6) is -1.11. The smallest absolute Gasteiger partial charge is 0.416 e. The van der Waals surface area contributed by atoms with Crippen molar-refractivity contribution in [3.8, 4) is 11.4 Å². The van der Waals surface area contributed by atoms with Crippen molar-refractivity contribution in [1.82, 2.24) is 15.1 Å². The third-order valence-electron chi connectivity index (χ3n) is 4.47. The minimum atomic E-state index is -4.82. The molecule has 0 bridgehead atoms. The molecule has 1 aromatic heterocycles. The number of non-ortho nitro benzene ring substituents is 1. The Labute approximate surface area is 177 Å². The molecule has 12 heteroatoms. The molecule has 1 heterocycles. The van der Waals surface area contributed by atoms with Gasteiger partial charge in [-0.2, -0.15) is 23.0 Å². The number of hydrogen-bond donors (Lipinski definition) is 2. The first kappa shape index (κ1) is 22.5. The van der Waals surface area contributed by atoms with E-state index in [1.807, 2.05) is 0 Å². The molecule has 2 aromatic carbocycles. The number of aromatic nitrogens is 2. The Hall–Kier alpha value is -4.22. The highest BCUT2D eigenvalue weighted by atomic mass is 19.4. The number of rotatable bonds is 5. The molecule has 32 heavy (non-hydrogen) atoms. The van der Waals surface area contributed by atoms with E-state index in [2.05, 4.69) is 10.4 Å². The first-order chi connectivity index (χ1) is 15.0. The van der Waals surface area contributed by atoms with Gasteiger partial charge in [-0.1, -0.05) is 12.1 Å². The summed E-state index contributed by atoms with van der Waals surface area (Å²) < 4.78 is 40.1. The summed E-state index contributed by atoms with van der Waals surface area (Å²) in [4.78, 5) is 34.8. The van der Waals surface area contributed by atoms with Gasteiger partial charge in [0.25, 0.3) is 17.2 Å². The number of carbonyl (C=O) groups excluding carboxylic acids is 1. The highest BCUT2D eigenvalue weighted by Crippen LogP contribution is 2.34. The molecule has 0 aliphatic rings. The summed E-state index contributed by atoms with van der Waals surface area (Å²) >= 11 is 0. The lowest BCUT2D eigenvalue weighted by atomic mass is 10.0. The minimum absolute atomic E-state index is 0.0219. The predicted molar refractivity (Wildman–Crippen MR) is 105 cm³/mol. The Morgan fingerprint density at radius 1 is 1.19 bits per heavy atom. The molecule has 9 nitrogen and oxygen atoms in total. The number of phenols is 1. The number of para-hydroxylation sites is 2. The Bertz CT molecular complexity index is 1260. The zero-order valence-electron chi connectivity index (χ0n) is 16.3. The van der Waals surface area contributed by atoms with E-state index >= 15 is 0 Å². The molecule has 1 amide bonds. The topological polar surface area (TPSA) is 127 Å². The zero-order valence-corrected chi connectivity index (χ0v) is 16.3. The fraction of sp³-hybridized carbons (Fsp3) is 0.150. The van der Waals surface area contributed by atoms with Crippen LogP contribution in [-0.4, -0.2) is 25.7 Å². The van der Waals surface area contributed by atoms with E-state index in [1.54, 1.807) is 6.07 Å². The van der Waals surface area contributed by atoms with Crippen LogP contribution in [0.5, 0.6) is 5.75 Å². The maximum absolute atomic E-state index is 13.1. The minimum Gasteiger partial charge on any atom is -0.506 e. The fourth-order valence-corrected chi connectivity index (χ4v) is 2.86. The van der Waals surface area contributed by atoms with Crippen molar-refractivity contribution in [2.45, 2.75) is 19.1 Å². The monoisotopic (exact) mass is 448 g/mol. The molecule has 1 atom stereocenters. The normalized spacial score (nSPS) is 12.2. The number of aromatic hydroxyl groups is 1. The number of hydrogen-bond acceptors (Lipinski definition) is 6. The van der Waals surface area contributed by atoms with E-state index in [0.717, 1.165) is 22.9 Å². The Morgan fingerprint density at radius 3 is 2.50 bits per heavy atom. The number of nitro benzene ring substituents is 1. The molecule has 3 rings (SSSR count). The molecule has 0 spiro atoms. The van der Waals surface area contributed by atoms with Crippen LogP contribution in [0.3, 0.4) is 0 Å². The molecule has 1 unspecified atom stereocenters. The Balaban J connectivity index is 1.92. The quantitative estimate of drug-likeness (QED) is 0.455. The van der Waals surface area contributed by atoms with Crippen molar-refractivity contribution in [3.05, 3.63) is 91.9 Å². The van der Waals surface area contributed by atoms with Gasteiger partial charge in [0.1, 0.15) is 17.1 Å². The lowest BCUT2D eigenvalue weighted by molar-refractivity contribution is -0.385. The van der Waals surface area contributed by atoms with E-state index in [9.17, 15) is 38.0 Å². The van der Waals surface area contributed by atoms with E-state index in [-0.39, 0.29) is 22.7 Å². The van der Waals surface area contributed by atoms with E-state index < -0.39 is 39.9 Å². The number of amides is 1. The molecule has 166 valence electrons. The van der Waals surface area contributed by atoms with Gasteiger partial charge in [-0.25, -0.2) is 0 Å². The number of nitro groups is 1. The van der Waals surface area contributed by atoms with Crippen LogP contribution in [0.25, 0.3) is 5.69 Å². The molecular formula is C20H15F3N4O5. The highest BCUT2D eigenvalue weighted by Gasteiger charge is 2.33. The number of nitrogens with zero attached hydrogens (tertiary/aromatic N) is 3. The van der Waals surface area contributed by atoms with Gasteiger partial charge in [-0.05, 0) is 36.8 Å². The van der Waals surface area contributed by atoms with Gasteiger partial charge in [0.15, 0.2) is 0 Å². The van der Waals surface area contributed by atoms with E-state index in [4.69, 9.17) is 0 Å². The van der Waals surface area contributed by atoms with Crippen molar-refractivity contribution < 1.29 is 28.0 Å². The second-order valence-electron chi connectivity index (χ2n) is 6.72. The summed E-state index contributed by atoms with van der Waals surface area (Å²) in [5.41, 5.74) is -3.02. The predicted octanol–water partition coefficient (Wildman–Crippen LogP) is 3.36. The van der Waals surface area contributed by atoms with Gasteiger partial charge in [-0.15, -0.1) is 0 Å². The third-order valence-corrected chi connectivity index (χ3v) is 4.47. The molecular weight excluding hydrogens is 433 g/mol. The van der Waals surface area contributed by atoms with Crippen molar-refractivity contribution in [1.29, 1.82) is 0 Å². The van der Waals surface area contributed by atoms with Crippen LogP contribution in [-0.2, 0) is 6.18 Å². The Kier molecular flexibility index (Phi) is 5.96. The van der Waals surface area contributed by atoms with Crippen LogP contribution < -0.4 is 10.9 Å². The number of halogens is 3. The lowest BCUT2D eigenvalue weighted by Crippen LogP contribution is -2.30. The number of phenolic OH excluding ortho intramolecular Hbond substituents is 1. The maximum atomic E-state index is 13.1. The first-order valence-corrected chi connectivity index (χ1v) is 9.03. The van der Waals surface area contributed by atoms with Gasteiger partial charge >= 0.3 is 6.18 Å². The second kappa shape index (κ2) is 8.49. The average Bonchev–Trinajstić information content (AvgIpc) is 2.73. The average molecular weight is 448 g/mol. The van der Waals surface area contributed by atoms with Crippen molar-refractivity contribution in [2.24, 2.45) is 0 Å². The molecule has 0 aliphatic heterocycles. The van der Waals surface area contributed by atoms with Crippen LogP contribution in [0.1, 0.15) is 34.6 Å². The van der Waals surface area contributed by atoms with Gasteiger partial charge in [0, 0.05) is 18.2 Å². The summed E-state index contributed by atoms with van der Waals surface area (Å²) in [6, 6.07) is 8.90. The third kappa shape index (κ3) is 4.74. The zero-order chi connectivity index (χ0) is 23.6. The van der Waals surface area contributed by atoms with Gasteiger partial charge < -0.3 is 10.4 Å². The van der Waals surface area contributed by atoms with Gasteiger partial charge in [-0.3, -0.25) is 19.7 Å².